The molecular formula is C14H19ClN2O2. The first kappa shape index (κ1) is 14.3. The van der Waals surface area contributed by atoms with E-state index in [2.05, 4.69) is 10.2 Å². The lowest BCUT2D eigenvalue weighted by Gasteiger charge is -2.18. The van der Waals surface area contributed by atoms with Crippen molar-refractivity contribution < 1.29 is 9.53 Å². The van der Waals surface area contributed by atoms with E-state index in [1.807, 2.05) is 0 Å². The van der Waals surface area contributed by atoms with Crippen molar-refractivity contribution in [1.82, 2.24) is 10.2 Å². The average Bonchev–Trinajstić information content (AvgIpc) is 2.68. The number of nitrogens with zero attached hydrogens (tertiary/aromatic N) is 1. The molecule has 1 aliphatic heterocycles. The molecule has 1 aliphatic rings. The van der Waals surface area contributed by atoms with E-state index < -0.39 is 0 Å². The third-order valence-electron chi connectivity index (χ3n) is 3.27. The summed E-state index contributed by atoms with van der Waals surface area (Å²) in [4.78, 5) is 14.4. The second-order valence-electron chi connectivity index (χ2n) is 4.65. The Bertz CT molecular complexity index is 443. The zero-order valence-electron chi connectivity index (χ0n) is 11.1. The number of hydrogen-bond donors (Lipinski definition) is 1. The van der Waals surface area contributed by atoms with Crippen molar-refractivity contribution in [2.24, 2.45) is 0 Å². The number of methoxy groups -OCH3 is 1. The Morgan fingerprint density at radius 3 is 3.05 bits per heavy atom. The number of halogens is 1. The van der Waals surface area contributed by atoms with E-state index in [1.165, 1.54) is 0 Å². The summed E-state index contributed by atoms with van der Waals surface area (Å²) in [6.07, 6.45) is 1.08. The lowest BCUT2D eigenvalue weighted by molar-refractivity contribution is 0.0934. The van der Waals surface area contributed by atoms with Gasteiger partial charge in [0.25, 0.3) is 0 Å². The van der Waals surface area contributed by atoms with Gasteiger partial charge in [-0.15, -0.1) is 0 Å². The molecule has 0 radical (unpaired) electrons. The molecule has 1 N–H and O–H groups in total. The van der Waals surface area contributed by atoms with Crippen LogP contribution in [0.3, 0.4) is 0 Å². The van der Waals surface area contributed by atoms with Crippen LogP contribution in [0.4, 0.5) is 0 Å². The molecule has 19 heavy (non-hydrogen) atoms. The molecule has 4 nitrogen and oxygen atoms in total. The van der Waals surface area contributed by atoms with Crippen molar-refractivity contribution in [3.63, 3.8) is 0 Å². The van der Waals surface area contributed by atoms with Crippen LogP contribution in [0.2, 0.25) is 5.02 Å². The third-order valence-corrected chi connectivity index (χ3v) is 3.59. The van der Waals surface area contributed by atoms with Crippen LogP contribution in [-0.2, 0) is 0 Å². The highest BCUT2D eigenvalue weighted by molar-refractivity contribution is 6.32. The van der Waals surface area contributed by atoms with Crippen LogP contribution in [0.25, 0.3) is 0 Å². The van der Waals surface area contributed by atoms with Gasteiger partial charge in [0.1, 0.15) is 5.75 Å². The monoisotopic (exact) mass is 282 g/mol. The highest BCUT2D eigenvalue weighted by atomic mass is 35.5. The van der Waals surface area contributed by atoms with E-state index in [9.17, 15) is 4.79 Å². The Hall–Kier alpha value is -1.10. The number of carbonyl (C=O) groups excluding carboxylic acids is 1. The van der Waals surface area contributed by atoms with Gasteiger partial charge in [0.05, 0.1) is 18.7 Å². The minimum Gasteiger partial charge on any atom is -0.495 e. The summed E-state index contributed by atoms with van der Waals surface area (Å²) in [7, 11) is 1.55. The molecule has 0 spiro atoms. The fraction of sp³-hybridized carbons (Fsp3) is 0.500. The standard InChI is InChI=1S/C14H19ClN2O2/c1-19-14-9-11(3-4-12(14)15)13(18)10-17-7-2-5-16-6-8-17/h3-4,9,16H,2,5-8,10H2,1H3. The highest BCUT2D eigenvalue weighted by Gasteiger charge is 2.15. The van der Waals surface area contributed by atoms with Crippen molar-refractivity contribution in [2.45, 2.75) is 6.42 Å². The average molecular weight is 283 g/mol. The van der Waals surface area contributed by atoms with Crippen molar-refractivity contribution in [3.8, 4) is 5.75 Å². The van der Waals surface area contributed by atoms with Crippen LogP contribution in [0, 0.1) is 0 Å². The second-order valence-corrected chi connectivity index (χ2v) is 5.06. The van der Waals surface area contributed by atoms with Crippen LogP contribution >= 0.6 is 11.6 Å². The number of ketones is 1. The van der Waals surface area contributed by atoms with Gasteiger partial charge in [0, 0.05) is 18.7 Å². The minimum atomic E-state index is 0.108. The molecule has 0 atom stereocenters. The lowest BCUT2D eigenvalue weighted by Crippen LogP contribution is -2.33. The molecule has 0 saturated carbocycles. The fourth-order valence-electron chi connectivity index (χ4n) is 2.19. The molecule has 2 rings (SSSR count). The van der Waals surface area contributed by atoms with Crippen LogP contribution in [0.15, 0.2) is 18.2 Å². The van der Waals surface area contributed by atoms with Crippen molar-refractivity contribution >= 4 is 17.4 Å². The fourth-order valence-corrected chi connectivity index (χ4v) is 2.38. The summed E-state index contributed by atoms with van der Waals surface area (Å²) in [5, 5.41) is 3.85. The highest BCUT2D eigenvalue weighted by Crippen LogP contribution is 2.25. The Kier molecular flexibility index (Phi) is 5.19. The van der Waals surface area contributed by atoms with Crippen LogP contribution in [0.1, 0.15) is 16.8 Å². The van der Waals surface area contributed by atoms with Gasteiger partial charge in [-0.1, -0.05) is 11.6 Å². The molecule has 104 valence electrons. The van der Waals surface area contributed by atoms with E-state index in [-0.39, 0.29) is 5.78 Å². The quantitative estimate of drug-likeness (QED) is 0.856. The number of benzene rings is 1. The van der Waals surface area contributed by atoms with E-state index in [4.69, 9.17) is 16.3 Å². The van der Waals surface area contributed by atoms with Gasteiger partial charge in [-0.2, -0.15) is 0 Å². The molecule has 0 amide bonds. The Morgan fingerprint density at radius 1 is 1.42 bits per heavy atom. The molecule has 1 aromatic rings. The summed E-state index contributed by atoms with van der Waals surface area (Å²) in [6, 6.07) is 5.17. The van der Waals surface area contributed by atoms with E-state index >= 15 is 0 Å². The van der Waals surface area contributed by atoms with Gasteiger partial charge in [-0.25, -0.2) is 0 Å². The summed E-state index contributed by atoms with van der Waals surface area (Å²) >= 11 is 5.96. The molecular weight excluding hydrogens is 264 g/mol. The maximum Gasteiger partial charge on any atom is 0.176 e. The van der Waals surface area contributed by atoms with Gasteiger partial charge in [0.15, 0.2) is 5.78 Å². The van der Waals surface area contributed by atoms with Crippen LogP contribution in [0.5, 0.6) is 5.75 Å². The first-order valence-electron chi connectivity index (χ1n) is 6.50. The van der Waals surface area contributed by atoms with Gasteiger partial charge in [-0.05, 0) is 37.7 Å². The number of nitrogens with one attached hydrogen (secondary N) is 1. The maximum atomic E-state index is 12.2. The zero-order valence-corrected chi connectivity index (χ0v) is 11.9. The first-order chi connectivity index (χ1) is 9.20. The molecule has 1 aromatic carbocycles. The molecule has 0 aromatic heterocycles. The molecule has 0 bridgehead atoms. The minimum absolute atomic E-state index is 0.108. The summed E-state index contributed by atoms with van der Waals surface area (Å²) in [5.74, 6) is 0.655. The molecule has 1 fully saturated rings. The normalized spacial score (nSPS) is 16.9. The zero-order chi connectivity index (χ0) is 13.7. The van der Waals surface area contributed by atoms with E-state index in [1.54, 1.807) is 25.3 Å². The summed E-state index contributed by atoms with van der Waals surface area (Å²) in [6.45, 7) is 4.29. The number of carbonyl (C=O) groups is 1. The number of ether oxygens (including phenoxy) is 1. The molecule has 1 heterocycles. The largest absolute Gasteiger partial charge is 0.495 e. The van der Waals surface area contributed by atoms with Gasteiger partial charge in [0.2, 0.25) is 0 Å². The third kappa shape index (κ3) is 3.93. The topological polar surface area (TPSA) is 41.6 Å². The first-order valence-corrected chi connectivity index (χ1v) is 6.88. The van der Waals surface area contributed by atoms with Gasteiger partial charge in [-0.3, -0.25) is 9.69 Å². The number of hydrogen-bond acceptors (Lipinski definition) is 4. The summed E-state index contributed by atoms with van der Waals surface area (Å²) < 4.78 is 5.14. The maximum absolute atomic E-state index is 12.2. The number of Topliss-reactive ketones (excluding diaryl/α,β-unsaturated/α-hetero) is 1. The lowest BCUT2D eigenvalue weighted by atomic mass is 10.1. The Morgan fingerprint density at radius 2 is 2.26 bits per heavy atom. The Labute approximate surface area is 118 Å². The van der Waals surface area contributed by atoms with E-state index in [0.717, 1.165) is 32.6 Å². The van der Waals surface area contributed by atoms with E-state index in [0.29, 0.717) is 22.9 Å². The second kappa shape index (κ2) is 6.89. The predicted molar refractivity (Wildman–Crippen MR) is 76.3 cm³/mol. The molecule has 5 heteroatoms. The molecule has 1 saturated heterocycles. The molecule has 0 aliphatic carbocycles. The van der Waals surface area contributed by atoms with Gasteiger partial charge < -0.3 is 10.1 Å². The van der Waals surface area contributed by atoms with Crippen molar-refractivity contribution in [3.05, 3.63) is 28.8 Å². The SMILES string of the molecule is COc1cc(C(=O)CN2CCCNCC2)ccc1Cl. The van der Waals surface area contributed by atoms with Crippen molar-refractivity contribution in [2.75, 3.05) is 39.8 Å². The Balaban J connectivity index is 2.02. The summed E-state index contributed by atoms with van der Waals surface area (Å²) in [5.41, 5.74) is 0.651. The predicted octanol–water partition coefficient (Wildman–Crippen LogP) is 1.83. The van der Waals surface area contributed by atoms with Crippen LogP contribution in [-0.4, -0.2) is 50.5 Å². The van der Waals surface area contributed by atoms with Gasteiger partial charge >= 0.3 is 0 Å². The number of rotatable bonds is 4. The smallest absolute Gasteiger partial charge is 0.176 e. The molecule has 0 unspecified atom stereocenters. The van der Waals surface area contributed by atoms with Crippen molar-refractivity contribution in [1.29, 1.82) is 0 Å². The van der Waals surface area contributed by atoms with Crippen LogP contribution < -0.4 is 10.1 Å².